The number of halogens is 3. The van der Waals surface area contributed by atoms with E-state index in [9.17, 15) is 9.59 Å². The van der Waals surface area contributed by atoms with Gasteiger partial charge in [-0.3, -0.25) is 9.78 Å². The molecule has 1 atom stereocenters. The van der Waals surface area contributed by atoms with E-state index in [0.717, 1.165) is 71.3 Å². The van der Waals surface area contributed by atoms with Crippen LogP contribution < -0.4 is 0 Å². The first-order chi connectivity index (χ1) is 19.0. The largest absolute Gasteiger partial charge is 0.444 e. The molecule has 0 N–H and O–H groups in total. The number of piperidine rings is 2. The van der Waals surface area contributed by atoms with Crippen molar-refractivity contribution in [3.05, 3.63) is 60.7 Å². The van der Waals surface area contributed by atoms with Gasteiger partial charge < -0.3 is 14.5 Å². The fourth-order valence-corrected chi connectivity index (χ4v) is 8.03. The Kier molecular flexibility index (Phi) is 9.18. The van der Waals surface area contributed by atoms with Crippen molar-refractivity contribution in [2.24, 2.45) is 11.8 Å². The SMILES string of the molecule is CC(C)(C)OC(=O)N1CCC(CC(=O)N2CCC([C@H]3c4ncc(Br)cc4CCc4cc(Cl)cc(Br)c43)CC2)CC1. The topological polar surface area (TPSA) is 62.7 Å². The average Bonchev–Trinajstić information content (AvgIpc) is 3.05. The minimum Gasteiger partial charge on any atom is -0.444 e. The molecule has 0 spiro atoms. The van der Waals surface area contributed by atoms with Crippen LogP contribution in [0.5, 0.6) is 0 Å². The Bertz CT molecular complexity index is 1270. The molecule has 0 radical (unpaired) electrons. The summed E-state index contributed by atoms with van der Waals surface area (Å²) < 4.78 is 7.57. The maximum Gasteiger partial charge on any atom is 0.410 e. The molecule has 0 bridgehead atoms. The number of hydrogen-bond acceptors (Lipinski definition) is 4. The summed E-state index contributed by atoms with van der Waals surface area (Å²) in [5.74, 6) is 1.11. The van der Waals surface area contributed by atoms with E-state index in [1.165, 1.54) is 16.7 Å². The lowest BCUT2D eigenvalue weighted by molar-refractivity contribution is -0.134. The van der Waals surface area contributed by atoms with E-state index in [1.807, 2.05) is 33.0 Å². The molecule has 1 aromatic carbocycles. The van der Waals surface area contributed by atoms with Crippen molar-refractivity contribution < 1.29 is 14.3 Å². The first-order valence-electron chi connectivity index (χ1n) is 14.4. The van der Waals surface area contributed by atoms with Crippen LogP contribution in [0.1, 0.15) is 81.2 Å². The number of hydrogen-bond donors (Lipinski definition) is 0. The van der Waals surface area contributed by atoms with Crippen molar-refractivity contribution in [2.45, 2.75) is 77.2 Å². The molecular formula is C31H38Br2ClN3O3. The number of nitrogens with zero attached hydrogens (tertiary/aromatic N) is 3. The highest BCUT2D eigenvalue weighted by Gasteiger charge is 2.37. The van der Waals surface area contributed by atoms with Gasteiger partial charge in [0.15, 0.2) is 0 Å². The lowest BCUT2D eigenvalue weighted by Gasteiger charge is -2.38. The van der Waals surface area contributed by atoms with Crippen LogP contribution >= 0.6 is 43.5 Å². The number of carbonyl (C=O) groups is 2. The third kappa shape index (κ3) is 6.87. The molecule has 1 aliphatic carbocycles. The van der Waals surface area contributed by atoms with E-state index in [-0.39, 0.29) is 17.9 Å². The summed E-state index contributed by atoms with van der Waals surface area (Å²) in [7, 11) is 0. The molecule has 40 heavy (non-hydrogen) atoms. The molecule has 2 aliphatic heterocycles. The van der Waals surface area contributed by atoms with Gasteiger partial charge in [0.05, 0.1) is 5.69 Å². The molecule has 3 aliphatic rings. The minimum absolute atomic E-state index is 0.168. The van der Waals surface area contributed by atoms with Crippen LogP contribution in [0.25, 0.3) is 0 Å². The Labute approximate surface area is 259 Å². The molecule has 216 valence electrons. The molecular weight excluding hydrogens is 658 g/mol. The van der Waals surface area contributed by atoms with Gasteiger partial charge in [0.1, 0.15) is 5.60 Å². The smallest absolute Gasteiger partial charge is 0.410 e. The zero-order valence-electron chi connectivity index (χ0n) is 23.5. The third-order valence-electron chi connectivity index (χ3n) is 8.51. The van der Waals surface area contributed by atoms with Crippen LogP contribution in [0.15, 0.2) is 33.3 Å². The van der Waals surface area contributed by atoms with E-state index in [1.54, 1.807) is 4.90 Å². The summed E-state index contributed by atoms with van der Waals surface area (Å²) in [5.41, 5.74) is 4.54. The molecule has 0 unspecified atom stereocenters. The maximum absolute atomic E-state index is 13.3. The molecule has 3 heterocycles. The van der Waals surface area contributed by atoms with Crippen LogP contribution in [-0.2, 0) is 22.4 Å². The van der Waals surface area contributed by atoms with Crippen molar-refractivity contribution in [3.63, 3.8) is 0 Å². The van der Waals surface area contributed by atoms with E-state index >= 15 is 0 Å². The van der Waals surface area contributed by atoms with Crippen molar-refractivity contribution >= 4 is 55.5 Å². The quantitative estimate of drug-likeness (QED) is 0.329. The molecule has 2 amide bonds. The number of ether oxygens (including phenoxy) is 1. The fourth-order valence-electron chi connectivity index (χ4n) is 6.53. The molecule has 5 rings (SSSR count). The van der Waals surface area contributed by atoms with Gasteiger partial charge >= 0.3 is 6.09 Å². The second-order valence-electron chi connectivity index (χ2n) is 12.5. The third-order valence-corrected chi connectivity index (χ3v) is 9.82. The second kappa shape index (κ2) is 12.3. The molecule has 0 saturated carbocycles. The Balaban J connectivity index is 1.23. The summed E-state index contributed by atoms with van der Waals surface area (Å²) in [6, 6.07) is 6.33. The number of carbonyl (C=O) groups excluding carboxylic acids is 2. The Morgan fingerprint density at radius 2 is 1.62 bits per heavy atom. The summed E-state index contributed by atoms with van der Waals surface area (Å²) in [6.07, 6.45) is 7.65. The van der Waals surface area contributed by atoms with E-state index in [0.29, 0.717) is 31.3 Å². The Morgan fingerprint density at radius 1 is 0.975 bits per heavy atom. The highest BCUT2D eigenvalue weighted by Crippen LogP contribution is 2.46. The minimum atomic E-state index is -0.493. The standard InChI is InChI=1S/C31H38Br2ClN3O3/c1-31(2,3)40-30(39)37-10-6-19(7-11-37)14-26(38)36-12-8-20(9-13-36)28-27-21(16-24(34)17-25(27)33)4-5-22-15-23(32)18-35-29(22)28/h15-20,28H,4-14H2,1-3H3/t28-/m1/s1. The van der Waals surface area contributed by atoms with Gasteiger partial charge in [-0.15, -0.1) is 0 Å². The van der Waals surface area contributed by atoms with Crippen LogP contribution in [0.4, 0.5) is 4.79 Å². The fraction of sp³-hybridized carbons (Fsp3) is 0.581. The van der Waals surface area contributed by atoms with Gasteiger partial charge in [-0.05, 0) is 122 Å². The van der Waals surface area contributed by atoms with Crippen LogP contribution in [-0.4, -0.2) is 58.6 Å². The lowest BCUT2D eigenvalue weighted by Crippen LogP contribution is -2.44. The zero-order valence-corrected chi connectivity index (χ0v) is 27.4. The molecule has 1 aromatic heterocycles. The highest BCUT2D eigenvalue weighted by molar-refractivity contribution is 9.10. The molecule has 9 heteroatoms. The van der Waals surface area contributed by atoms with Gasteiger partial charge in [0.2, 0.25) is 5.91 Å². The number of rotatable bonds is 3. The molecule has 2 saturated heterocycles. The maximum atomic E-state index is 13.3. The van der Waals surface area contributed by atoms with Crippen molar-refractivity contribution in [3.8, 4) is 0 Å². The summed E-state index contributed by atoms with van der Waals surface area (Å²) in [5, 5.41) is 0.752. The molecule has 2 aromatic rings. The van der Waals surface area contributed by atoms with Gasteiger partial charge in [-0.1, -0.05) is 27.5 Å². The van der Waals surface area contributed by atoms with E-state index in [4.69, 9.17) is 21.3 Å². The number of likely N-dealkylation sites (tertiary alicyclic amines) is 2. The Hall–Kier alpha value is -1.64. The van der Waals surface area contributed by atoms with Gasteiger partial charge in [-0.2, -0.15) is 0 Å². The number of benzene rings is 1. The molecule has 6 nitrogen and oxygen atoms in total. The predicted octanol–water partition coefficient (Wildman–Crippen LogP) is 7.77. The number of aryl methyl sites for hydroxylation is 2. The second-order valence-corrected chi connectivity index (χ2v) is 14.7. The van der Waals surface area contributed by atoms with Crippen molar-refractivity contribution in [2.75, 3.05) is 26.2 Å². The Morgan fingerprint density at radius 3 is 2.30 bits per heavy atom. The predicted molar refractivity (Wildman–Crippen MR) is 165 cm³/mol. The number of pyridine rings is 1. The number of fused-ring (bicyclic) bond motifs is 2. The first-order valence-corrected chi connectivity index (χ1v) is 16.3. The van der Waals surface area contributed by atoms with E-state index in [2.05, 4.69) is 48.9 Å². The number of aromatic nitrogens is 1. The van der Waals surface area contributed by atoms with Gasteiger partial charge in [-0.25, -0.2) is 4.79 Å². The normalized spacial score (nSPS) is 20.5. The van der Waals surface area contributed by atoms with Crippen molar-refractivity contribution in [1.29, 1.82) is 0 Å². The summed E-state index contributed by atoms with van der Waals surface area (Å²) in [6.45, 7) is 8.49. The van der Waals surface area contributed by atoms with Crippen LogP contribution in [0.2, 0.25) is 5.02 Å². The highest BCUT2D eigenvalue weighted by atomic mass is 79.9. The summed E-state index contributed by atoms with van der Waals surface area (Å²) in [4.78, 5) is 34.5. The van der Waals surface area contributed by atoms with Gasteiger partial charge in [0.25, 0.3) is 0 Å². The van der Waals surface area contributed by atoms with Crippen molar-refractivity contribution in [1.82, 2.24) is 14.8 Å². The first kappa shape index (κ1) is 29.8. The zero-order chi connectivity index (χ0) is 28.6. The van der Waals surface area contributed by atoms with Crippen LogP contribution in [0, 0.1) is 11.8 Å². The van der Waals surface area contributed by atoms with Crippen LogP contribution in [0.3, 0.4) is 0 Å². The average molecular weight is 696 g/mol. The molecule has 2 fully saturated rings. The summed E-state index contributed by atoms with van der Waals surface area (Å²) >= 11 is 13.9. The number of amides is 2. The monoisotopic (exact) mass is 693 g/mol. The van der Waals surface area contributed by atoms with Gasteiger partial charge in [0, 0.05) is 58.7 Å². The lowest BCUT2D eigenvalue weighted by atomic mass is 9.76. The van der Waals surface area contributed by atoms with E-state index < -0.39 is 5.60 Å².